The van der Waals surface area contributed by atoms with E-state index in [1.165, 1.54) is 5.56 Å². The van der Waals surface area contributed by atoms with Crippen LogP contribution in [0.4, 0.5) is 0 Å². The minimum Gasteiger partial charge on any atom is -0.483 e. The maximum atomic E-state index is 13.1. The van der Waals surface area contributed by atoms with E-state index in [0.29, 0.717) is 37.6 Å². The molecule has 6 heteroatoms. The van der Waals surface area contributed by atoms with E-state index in [1.54, 1.807) is 4.90 Å². The lowest BCUT2D eigenvalue weighted by Gasteiger charge is -2.30. The first-order valence-corrected chi connectivity index (χ1v) is 11.7. The van der Waals surface area contributed by atoms with Crippen molar-refractivity contribution in [3.8, 4) is 5.75 Å². The number of likely N-dealkylation sites (N-methyl/N-ethyl adjacent to an activating group) is 1. The molecule has 2 rings (SSSR count). The summed E-state index contributed by atoms with van der Waals surface area (Å²) >= 11 is 3.54. The van der Waals surface area contributed by atoms with Crippen molar-refractivity contribution in [3.63, 3.8) is 0 Å². The molecule has 0 saturated heterocycles. The molecule has 2 aromatic rings. The number of hydrogen-bond acceptors (Lipinski definition) is 3. The molecule has 0 spiro atoms. The number of rotatable bonds is 11. The predicted octanol–water partition coefficient (Wildman–Crippen LogP) is 4.94. The third-order valence-electron chi connectivity index (χ3n) is 5.19. The topological polar surface area (TPSA) is 58.6 Å². The number of hydrogen-bond donors (Lipinski definition) is 1. The molecule has 168 valence electrons. The number of nitrogens with zero attached hydrogens (tertiary/aromatic N) is 1. The van der Waals surface area contributed by atoms with Crippen LogP contribution in [0.1, 0.15) is 51.2 Å². The van der Waals surface area contributed by atoms with E-state index in [4.69, 9.17) is 4.74 Å². The molecule has 5 nitrogen and oxygen atoms in total. The van der Waals surface area contributed by atoms with Gasteiger partial charge in [-0.25, -0.2) is 0 Å². The van der Waals surface area contributed by atoms with Crippen LogP contribution >= 0.6 is 15.9 Å². The van der Waals surface area contributed by atoms with Gasteiger partial charge in [-0.3, -0.25) is 9.59 Å². The first kappa shape index (κ1) is 24.9. The van der Waals surface area contributed by atoms with Gasteiger partial charge in [0.05, 0.1) is 4.47 Å². The van der Waals surface area contributed by atoms with Crippen LogP contribution in [0.25, 0.3) is 0 Å². The fraction of sp³-hybridized carbons (Fsp3) is 0.440. The third kappa shape index (κ3) is 7.39. The number of benzene rings is 2. The average molecular weight is 489 g/mol. The zero-order valence-corrected chi connectivity index (χ0v) is 20.4. The summed E-state index contributed by atoms with van der Waals surface area (Å²) in [4.78, 5) is 27.4. The molecular formula is C25H33BrN2O3. The van der Waals surface area contributed by atoms with Crippen molar-refractivity contribution in [2.45, 2.75) is 52.5 Å². The molecule has 0 radical (unpaired) electrons. The van der Waals surface area contributed by atoms with E-state index >= 15 is 0 Å². The minimum absolute atomic E-state index is 0.121. The highest BCUT2D eigenvalue weighted by atomic mass is 79.9. The van der Waals surface area contributed by atoms with Crippen LogP contribution in [0.2, 0.25) is 0 Å². The van der Waals surface area contributed by atoms with Crippen molar-refractivity contribution in [3.05, 3.63) is 64.1 Å². The monoisotopic (exact) mass is 488 g/mol. The molecule has 0 saturated carbocycles. The maximum Gasteiger partial charge on any atom is 0.261 e. The van der Waals surface area contributed by atoms with Gasteiger partial charge in [0, 0.05) is 13.1 Å². The number of carbonyl (C=O) groups is 2. The first-order chi connectivity index (χ1) is 14.9. The van der Waals surface area contributed by atoms with Crippen molar-refractivity contribution in [1.82, 2.24) is 10.2 Å². The van der Waals surface area contributed by atoms with Crippen LogP contribution in [0.3, 0.4) is 0 Å². The molecular weight excluding hydrogens is 456 g/mol. The molecule has 0 bridgehead atoms. The van der Waals surface area contributed by atoms with Crippen molar-refractivity contribution in [2.24, 2.45) is 0 Å². The second-order valence-corrected chi connectivity index (χ2v) is 8.63. The van der Waals surface area contributed by atoms with E-state index in [2.05, 4.69) is 35.1 Å². The lowest BCUT2D eigenvalue weighted by atomic mass is 10.0. The van der Waals surface area contributed by atoms with Gasteiger partial charge in [0.15, 0.2) is 6.61 Å². The number of amides is 2. The third-order valence-corrected chi connectivity index (χ3v) is 5.81. The largest absolute Gasteiger partial charge is 0.483 e. The van der Waals surface area contributed by atoms with E-state index in [1.807, 2.05) is 62.4 Å². The zero-order chi connectivity index (χ0) is 22.8. The minimum atomic E-state index is -0.522. The summed E-state index contributed by atoms with van der Waals surface area (Å²) in [5.41, 5.74) is 2.32. The summed E-state index contributed by atoms with van der Waals surface area (Å²) in [7, 11) is 0. The first-order valence-electron chi connectivity index (χ1n) is 10.9. The normalized spacial score (nSPS) is 11.8. The highest BCUT2D eigenvalue weighted by Crippen LogP contribution is 2.29. The fourth-order valence-corrected chi connectivity index (χ4v) is 3.91. The van der Waals surface area contributed by atoms with E-state index in [-0.39, 0.29) is 18.4 Å². The highest BCUT2D eigenvalue weighted by molar-refractivity contribution is 9.10. The molecule has 1 N–H and O–H groups in total. The maximum absolute atomic E-state index is 13.1. The molecule has 1 atom stereocenters. The Morgan fingerprint density at radius 1 is 1.10 bits per heavy atom. The van der Waals surface area contributed by atoms with E-state index < -0.39 is 6.04 Å². The Balaban J connectivity index is 2.13. The second-order valence-electron chi connectivity index (χ2n) is 7.77. The lowest BCUT2D eigenvalue weighted by molar-refractivity contribution is -0.142. The van der Waals surface area contributed by atoms with Gasteiger partial charge in [-0.15, -0.1) is 0 Å². The smallest absolute Gasteiger partial charge is 0.261 e. The summed E-state index contributed by atoms with van der Waals surface area (Å²) in [6, 6.07) is 15.3. The molecule has 0 aliphatic heterocycles. The Morgan fingerprint density at radius 2 is 1.81 bits per heavy atom. The van der Waals surface area contributed by atoms with Crippen LogP contribution in [-0.4, -0.2) is 42.5 Å². The van der Waals surface area contributed by atoms with Crippen molar-refractivity contribution in [2.75, 3.05) is 19.7 Å². The molecule has 0 aliphatic rings. The van der Waals surface area contributed by atoms with Gasteiger partial charge < -0.3 is 15.0 Å². The molecule has 0 unspecified atom stereocenters. The Hall–Kier alpha value is -2.34. The summed E-state index contributed by atoms with van der Waals surface area (Å²) in [6.07, 6.45) is 1.22. The SMILES string of the molecule is CCNC(=O)[C@H](CC)N(CCc1ccccc1)C(=O)COc1ccc(C(C)C)cc1Br. The van der Waals surface area contributed by atoms with Crippen LogP contribution in [0.5, 0.6) is 5.75 Å². The van der Waals surface area contributed by atoms with Crippen molar-refractivity contribution < 1.29 is 14.3 Å². The number of halogens is 1. The molecule has 2 amide bonds. The summed E-state index contributed by atoms with van der Waals surface area (Å²) < 4.78 is 6.65. The van der Waals surface area contributed by atoms with Gasteiger partial charge in [-0.1, -0.05) is 57.2 Å². The van der Waals surface area contributed by atoms with Gasteiger partial charge in [-0.05, 0) is 64.9 Å². The quantitative estimate of drug-likeness (QED) is 0.487. The Bertz CT molecular complexity index is 855. The molecule has 2 aromatic carbocycles. The predicted molar refractivity (Wildman–Crippen MR) is 128 cm³/mol. The van der Waals surface area contributed by atoms with Crippen molar-refractivity contribution >= 4 is 27.7 Å². The molecule has 0 aromatic heterocycles. The van der Waals surface area contributed by atoms with E-state index in [0.717, 1.165) is 10.0 Å². The Kier molecular flexibility index (Phi) is 10.0. The summed E-state index contributed by atoms with van der Waals surface area (Å²) in [6.45, 7) is 8.92. The average Bonchev–Trinajstić information content (AvgIpc) is 2.76. The van der Waals surface area contributed by atoms with Crippen LogP contribution in [0.15, 0.2) is 53.0 Å². The fourth-order valence-electron chi connectivity index (χ4n) is 3.40. The lowest BCUT2D eigenvalue weighted by Crippen LogP contribution is -2.51. The summed E-state index contributed by atoms with van der Waals surface area (Å²) in [5.74, 6) is 0.692. The number of nitrogens with one attached hydrogen (secondary N) is 1. The highest BCUT2D eigenvalue weighted by Gasteiger charge is 2.28. The molecule has 0 heterocycles. The van der Waals surface area contributed by atoms with E-state index in [9.17, 15) is 9.59 Å². The zero-order valence-electron chi connectivity index (χ0n) is 18.9. The van der Waals surface area contributed by atoms with Gasteiger partial charge in [0.25, 0.3) is 5.91 Å². The second kappa shape index (κ2) is 12.5. The number of carbonyl (C=O) groups excluding carboxylic acids is 2. The molecule has 0 fully saturated rings. The van der Waals surface area contributed by atoms with Crippen LogP contribution in [-0.2, 0) is 16.0 Å². The Morgan fingerprint density at radius 3 is 2.39 bits per heavy atom. The Labute approximate surface area is 194 Å². The van der Waals surface area contributed by atoms with Crippen LogP contribution < -0.4 is 10.1 Å². The number of ether oxygens (including phenoxy) is 1. The van der Waals surface area contributed by atoms with Crippen molar-refractivity contribution in [1.29, 1.82) is 0 Å². The summed E-state index contributed by atoms with van der Waals surface area (Å²) in [5, 5.41) is 2.85. The standard InChI is InChI=1S/C25H33BrN2O3/c1-5-22(25(30)27-6-2)28(15-14-19-10-8-7-9-11-19)24(29)17-31-23-13-12-20(18(3)4)16-21(23)26/h7-13,16,18,22H,5-6,14-15,17H2,1-4H3,(H,27,30)/t22-/m0/s1. The van der Waals surface area contributed by atoms with Gasteiger partial charge >= 0.3 is 0 Å². The van der Waals surface area contributed by atoms with Gasteiger partial charge in [-0.2, -0.15) is 0 Å². The van der Waals surface area contributed by atoms with Gasteiger partial charge in [0.1, 0.15) is 11.8 Å². The molecule has 0 aliphatic carbocycles. The van der Waals surface area contributed by atoms with Gasteiger partial charge in [0.2, 0.25) is 5.91 Å². The van der Waals surface area contributed by atoms with Crippen LogP contribution in [0, 0.1) is 0 Å². The molecule has 31 heavy (non-hydrogen) atoms.